The number of nitrogens with zero attached hydrogens (tertiary/aromatic N) is 2. The average molecular weight is 379 g/mol. The van der Waals surface area contributed by atoms with Crippen molar-refractivity contribution in [2.75, 3.05) is 26.2 Å². The lowest BCUT2D eigenvalue weighted by atomic mass is 9.96. The van der Waals surface area contributed by atoms with Gasteiger partial charge >= 0.3 is 0 Å². The van der Waals surface area contributed by atoms with Crippen LogP contribution in [0.5, 0.6) is 0 Å². The Morgan fingerprint density at radius 3 is 2.27 bits per heavy atom. The number of nitrogens with two attached hydrogens (primary N) is 1. The number of hydrogen-bond acceptors (Lipinski definition) is 4. The Morgan fingerprint density at radius 1 is 1.08 bits per heavy atom. The molecule has 7 nitrogen and oxygen atoms in total. The highest BCUT2D eigenvalue weighted by molar-refractivity contribution is 7.89. The summed E-state index contributed by atoms with van der Waals surface area (Å²) in [7, 11) is -3.57. The first-order valence-electron chi connectivity index (χ1n) is 9.00. The number of rotatable bonds is 4. The van der Waals surface area contributed by atoms with Gasteiger partial charge in [-0.25, -0.2) is 8.42 Å². The number of piperidine rings is 1. The first kappa shape index (κ1) is 18.8. The van der Waals surface area contributed by atoms with Gasteiger partial charge in [0.25, 0.3) is 5.91 Å². The van der Waals surface area contributed by atoms with Gasteiger partial charge in [0.05, 0.1) is 4.90 Å². The maximum atomic E-state index is 12.9. The maximum Gasteiger partial charge on any atom is 0.253 e. The Bertz CT molecular complexity index is 808. The molecule has 0 bridgehead atoms. The molecule has 8 heteroatoms. The van der Waals surface area contributed by atoms with E-state index in [1.54, 1.807) is 24.0 Å². The zero-order chi connectivity index (χ0) is 18.9. The summed E-state index contributed by atoms with van der Waals surface area (Å²) in [5.41, 5.74) is 6.34. The molecule has 2 N–H and O–H groups in total. The minimum absolute atomic E-state index is 0.192. The Labute approximate surface area is 154 Å². The molecule has 3 rings (SSSR count). The maximum absolute atomic E-state index is 12.9. The third kappa shape index (κ3) is 3.61. The van der Waals surface area contributed by atoms with Crippen LogP contribution in [0.3, 0.4) is 0 Å². The molecule has 2 aliphatic rings. The van der Waals surface area contributed by atoms with Gasteiger partial charge in [-0.15, -0.1) is 0 Å². The number of hydrogen-bond donors (Lipinski definition) is 1. The third-order valence-corrected chi connectivity index (χ3v) is 7.34. The monoisotopic (exact) mass is 379 g/mol. The molecule has 2 saturated heterocycles. The molecule has 0 atom stereocenters. The Balaban J connectivity index is 1.81. The Morgan fingerprint density at radius 2 is 1.69 bits per heavy atom. The topological polar surface area (TPSA) is 101 Å². The molecule has 0 spiro atoms. The van der Waals surface area contributed by atoms with Crippen LogP contribution in [0, 0.1) is 12.8 Å². The fourth-order valence-corrected chi connectivity index (χ4v) is 5.40. The lowest BCUT2D eigenvalue weighted by Crippen LogP contribution is -2.41. The summed E-state index contributed by atoms with van der Waals surface area (Å²) in [5, 5.41) is 0. The first-order chi connectivity index (χ1) is 12.3. The molecule has 1 aromatic rings. The van der Waals surface area contributed by atoms with E-state index in [1.165, 1.54) is 10.4 Å². The number of carbonyl (C=O) groups excluding carboxylic acids is 2. The zero-order valence-corrected chi connectivity index (χ0v) is 15.8. The number of sulfonamides is 1. The smallest absolute Gasteiger partial charge is 0.253 e. The number of amides is 2. The molecule has 26 heavy (non-hydrogen) atoms. The van der Waals surface area contributed by atoms with E-state index in [2.05, 4.69) is 0 Å². The van der Waals surface area contributed by atoms with Crippen molar-refractivity contribution in [2.24, 2.45) is 11.7 Å². The highest BCUT2D eigenvalue weighted by atomic mass is 32.2. The van der Waals surface area contributed by atoms with E-state index in [1.807, 2.05) is 0 Å². The van der Waals surface area contributed by atoms with Crippen molar-refractivity contribution in [3.63, 3.8) is 0 Å². The standard InChI is InChI=1S/C18H25N3O4S/c1-13-4-5-15(12-16(13)26(24,25)21-8-2-3-9-21)18(23)20-10-6-14(7-11-20)17(19)22/h4-5,12,14H,2-3,6-11H2,1H3,(H2,19,22). The van der Waals surface area contributed by atoms with Crippen molar-refractivity contribution in [3.8, 4) is 0 Å². The summed E-state index contributed by atoms with van der Waals surface area (Å²) in [6, 6.07) is 4.85. The summed E-state index contributed by atoms with van der Waals surface area (Å²) in [6.07, 6.45) is 2.83. The van der Waals surface area contributed by atoms with E-state index >= 15 is 0 Å². The molecule has 142 valence electrons. The Hall–Kier alpha value is -1.93. The van der Waals surface area contributed by atoms with Crippen molar-refractivity contribution in [2.45, 2.75) is 37.5 Å². The molecular weight excluding hydrogens is 354 g/mol. The fraction of sp³-hybridized carbons (Fsp3) is 0.556. The van der Waals surface area contributed by atoms with E-state index in [4.69, 9.17) is 5.73 Å². The molecular formula is C18H25N3O4S. The molecule has 0 radical (unpaired) electrons. The number of primary amides is 1. The van der Waals surface area contributed by atoms with Crippen LogP contribution in [0.2, 0.25) is 0 Å². The average Bonchev–Trinajstić information content (AvgIpc) is 3.17. The SMILES string of the molecule is Cc1ccc(C(=O)N2CCC(C(N)=O)CC2)cc1S(=O)(=O)N1CCCC1. The molecule has 0 aliphatic carbocycles. The van der Waals surface area contributed by atoms with Crippen LogP contribution in [-0.2, 0) is 14.8 Å². The highest BCUT2D eigenvalue weighted by Gasteiger charge is 2.31. The second-order valence-electron chi connectivity index (χ2n) is 7.06. The van der Waals surface area contributed by atoms with Crippen molar-refractivity contribution < 1.29 is 18.0 Å². The third-order valence-electron chi connectivity index (χ3n) is 5.30. The predicted molar refractivity (Wildman–Crippen MR) is 97.0 cm³/mol. The summed E-state index contributed by atoms with van der Waals surface area (Å²) in [6.45, 7) is 3.71. The lowest BCUT2D eigenvalue weighted by Gasteiger charge is -2.30. The van der Waals surface area contributed by atoms with Crippen LogP contribution in [0.1, 0.15) is 41.6 Å². The van der Waals surface area contributed by atoms with Crippen LogP contribution in [0.15, 0.2) is 23.1 Å². The van der Waals surface area contributed by atoms with E-state index in [0.29, 0.717) is 50.1 Å². The predicted octanol–water partition coefficient (Wildman–Crippen LogP) is 1.12. The van der Waals surface area contributed by atoms with E-state index in [0.717, 1.165) is 12.8 Å². The molecule has 2 aliphatic heterocycles. The minimum atomic E-state index is -3.57. The highest BCUT2D eigenvalue weighted by Crippen LogP contribution is 2.26. The van der Waals surface area contributed by atoms with Crippen LogP contribution in [0.25, 0.3) is 0 Å². The Kier molecular flexibility index (Phi) is 5.34. The molecule has 1 aromatic carbocycles. The first-order valence-corrected chi connectivity index (χ1v) is 10.4. The molecule has 0 unspecified atom stereocenters. The zero-order valence-electron chi connectivity index (χ0n) is 15.0. The summed E-state index contributed by atoms with van der Waals surface area (Å²) in [4.78, 5) is 25.9. The van der Waals surface area contributed by atoms with Gasteiger partial charge in [0, 0.05) is 37.7 Å². The summed E-state index contributed by atoms with van der Waals surface area (Å²) in [5.74, 6) is -0.722. The normalized spacial score (nSPS) is 19.7. The van der Waals surface area contributed by atoms with E-state index < -0.39 is 10.0 Å². The van der Waals surface area contributed by atoms with Gasteiger partial charge in [0.2, 0.25) is 15.9 Å². The summed E-state index contributed by atoms with van der Waals surface area (Å²) < 4.78 is 27.2. The van der Waals surface area contributed by atoms with Crippen LogP contribution < -0.4 is 5.73 Å². The van der Waals surface area contributed by atoms with Crippen LogP contribution >= 0.6 is 0 Å². The van der Waals surface area contributed by atoms with E-state index in [9.17, 15) is 18.0 Å². The second-order valence-corrected chi connectivity index (χ2v) is 8.97. The van der Waals surface area contributed by atoms with Gasteiger partial charge < -0.3 is 10.6 Å². The number of carbonyl (C=O) groups is 2. The van der Waals surface area contributed by atoms with Gasteiger partial charge in [-0.2, -0.15) is 4.31 Å². The van der Waals surface area contributed by atoms with Gasteiger partial charge in [0.1, 0.15) is 0 Å². The molecule has 2 amide bonds. The molecule has 0 saturated carbocycles. The molecule has 2 heterocycles. The van der Waals surface area contributed by atoms with Gasteiger partial charge in [-0.1, -0.05) is 6.07 Å². The summed E-state index contributed by atoms with van der Waals surface area (Å²) >= 11 is 0. The number of aryl methyl sites for hydroxylation is 1. The van der Waals surface area contributed by atoms with Crippen molar-refractivity contribution in [3.05, 3.63) is 29.3 Å². The lowest BCUT2D eigenvalue weighted by molar-refractivity contribution is -0.123. The largest absolute Gasteiger partial charge is 0.369 e. The number of likely N-dealkylation sites (tertiary alicyclic amines) is 1. The van der Waals surface area contributed by atoms with Crippen LogP contribution in [0.4, 0.5) is 0 Å². The number of benzene rings is 1. The quantitative estimate of drug-likeness (QED) is 0.847. The van der Waals surface area contributed by atoms with Gasteiger partial charge in [0.15, 0.2) is 0 Å². The second kappa shape index (κ2) is 7.36. The van der Waals surface area contributed by atoms with Crippen molar-refractivity contribution in [1.82, 2.24) is 9.21 Å². The minimum Gasteiger partial charge on any atom is -0.369 e. The van der Waals surface area contributed by atoms with Gasteiger partial charge in [-0.3, -0.25) is 9.59 Å². The van der Waals surface area contributed by atoms with Crippen molar-refractivity contribution in [1.29, 1.82) is 0 Å². The molecule has 2 fully saturated rings. The van der Waals surface area contributed by atoms with Crippen molar-refractivity contribution >= 4 is 21.8 Å². The van der Waals surface area contributed by atoms with Crippen LogP contribution in [-0.4, -0.2) is 55.6 Å². The molecule has 0 aromatic heterocycles. The fourth-order valence-electron chi connectivity index (χ4n) is 3.63. The van der Waals surface area contributed by atoms with E-state index in [-0.39, 0.29) is 22.6 Å². The van der Waals surface area contributed by atoms with Gasteiger partial charge in [-0.05, 0) is 50.3 Å².